The van der Waals surface area contributed by atoms with E-state index in [0.29, 0.717) is 0 Å². The summed E-state index contributed by atoms with van der Waals surface area (Å²) >= 11 is 0. The van der Waals surface area contributed by atoms with Crippen LogP contribution in [0.3, 0.4) is 0 Å². The summed E-state index contributed by atoms with van der Waals surface area (Å²) in [7, 11) is 3.78. The molecule has 94 valence electrons. The Morgan fingerprint density at radius 2 is 2.06 bits per heavy atom. The van der Waals surface area contributed by atoms with E-state index >= 15 is 0 Å². The Morgan fingerprint density at radius 1 is 1.29 bits per heavy atom. The minimum atomic E-state index is 1.04. The topological polar surface area (TPSA) is 37.0 Å². The molecule has 2 N–H and O–H groups in total. The summed E-state index contributed by atoms with van der Waals surface area (Å²) in [4.78, 5) is 4.09. The van der Waals surface area contributed by atoms with Crippen LogP contribution in [-0.2, 0) is 0 Å². The highest BCUT2D eigenvalue weighted by Gasteiger charge is 1.90. The molecule has 0 fully saturated rings. The molecule has 0 bridgehead atoms. The average molecular weight is 233 g/mol. The number of aromatic nitrogens is 1. The van der Waals surface area contributed by atoms with Crippen LogP contribution in [-0.4, -0.2) is 19.1 Å². The van der Waals surface area contributed by atoms with Gasteiger partial charge < -0.3 is 10.6 Å². The van der Waals surface area contributed by atoms with E-state index in [0.717, 1.165) is 17.8 Å². The second-order valence-corrected chi connectivity index (χ2v) is 3.37. The fourth-order valence-electron chi connectivity index (χ4n) is 1.11. The quantitative estimate of drug-likeness (QED) is 0.785. The molecule has 0 saturated heterocycles. The molecule has 3 nitrogen and oxygen atoms in total. The predicted molar refractivity (Wildman–Crippen MR) is 76.2 cm³/mol. The largest absolute Gasteiger partial charge is 0.394 e. The van der Waals surface area contributed by atoms with Crippen molar-refractivity contribution < 1.29 is 0 Å². The zero-order chi connectivity index (χ0) is 12.9. The lowest BCUT2D eigenvalue weighted by Gasteiger charge is -2.00. The molecule has 0 amide bonds. The van der Waals surface area contributed by atoms with E-state index in [2.05, 4.69) is 28.6 Å². The van der Waals surface area contributed by atoms with Gasteiger partial charge in [0.2, 0.25) is 0 Å². The van der Waals surface area contributed by atoms with Crippen molar-refractivity contribution in [2.75, 3.05) is 19.4 Å². The van der Waals surface area contributed by atoms with Gasteiger partial charge >= 0.3 is 0 Å². The standard InChI is InChI=1S/C7H10N2.C7H13N/c1-6-7(8-2)4-3-5-9-6;1-3-4-5-6-7-8-2/h3-5,8H,1-2H3;4-8H,3H2,1-2H3/b;5-4-,7-6-. The Morgan fingerprint density at radius 3 is 2.53 bits per heavy atom. The molecule has 3 heteroatoms. The molecule has 1 aromatic heterocycles. The van der Waals surface area contributed by atoms with Crippen molar-refractivity contribution in [1.82, 2.24) is 10.3 Å². The Balaban J connectivity index is 0.000000304. The van der Waals surface area contributed by atoms with E-state index in [1.807, 2.05) is 51.5 Å². The van der Waals surface area contributed by atoms with Gasteiger partial charge in [0.1, 0.15) is 0 Å². The van der Waals surface area contributed by atoms with Crippen molar-refractivity contribution in [3.05, 3.63) is 48.5 Å². The van der Waals surface area contributed by atoms with Gasteiger partial charge in [0.05, 0.1) is 11.4 Å². The maximum Gasteiger partial charge on any atom is 0.0603 e. The molecule has 0 atom stereocenters. The number of pyridine rings is 1. The molecule has 0 radical (unpaired) electrons. The Kier molecular flexibility index (Phi) is 9.62. The van der Waals surface area contributed by atoms with Gasteiger partial charge in [0, 0.05) is 20.3 Å². The van der Waals surface area contributed by atoms with Crippen molar-refractivity contribution in [3.8, 4) is 0 Å². The van der Waals surface area contributed by atoms with Crippen molar-refractivity contribution in [1.29, 1.82) is 0 Å². The van der Waals surface area contributed by atoms with Gasteiger partial charge in [-0.05, 0) is 37.8 Å². The molecular weight excluding hydrogens is 210 g/mol. The van der Waals surface area contributed by atoms with Crippen LogP contribution < -0.4 is 10.6 Å². The van der Waals surface area contributed by atoms with E-state index in [-0.39, 0.29) is 0 Å². The smallest absolute Gasteiger partial charge is 0.0603 e. The van der Waals surface area contributed by atoms with Crippen LogP contribution in [0.15, 0.2) is 42.8 Å². The molecule has 0 saturated carbocycles. The zero-order valence-electron chi connectivity index (χ0n) is 11.2. The lowest BCUT2D eigenvalue weighted by molar-refractivity contribution is 1.10. The molecule has 0 aliphatic rings. The van der Waals surface area contributed by atoms with Crippen LogP contribution in [0.5, 0.6) is 0 Å². The number of hydrogen-bond donors (Lipinski definition) is 2. The van der Waals surface area contributed by atoms with Crippen LogP contribution in [0.25, 0.3) is 0 Å². The highest BCUT2D eigenvalue weighted by Crippen LogP contribution is 2.07. The molecule has 1 rings (SSSR count). The fraction of sp³-hybridized carbons (Fsp3) is 0.357. The van der Waals surface area contributed by atoms with Crippen molar-refractivity contribution in [2.24, 2.45) is 0 Å². The summed E-state index contributed by atoms with van der Waals surface area (Å²) < 4.78 is 0. The molecule has 1 aromatic rings. The summed E-state index contributed by atoms with van der Waals surface area (Å²) in [6, 6.07) is 3.92. The summed E-state index contributed by atoms with van der Waals surface area (Å²) in [6.45, 7) is 4.09. The number of hydrogen-bond acceptors (Lipinski definition) is 3. The van der Waals surface area contributed by atoms with E-state index in [1.165, 1.54) is 0 Å². The van der Waals surface area contributed by atoms with Crippen LogP contribution in [0.1, 0.15) is 19.0 Å². The van der Waals surface area contributed by atoms with Crippen LogP contribution in [0.2, 0.25) is 0 Å². The number of allylic oxidation sites excluding steroid dienone is 3. The second-order valence-electron chi connectivity index (χ2n) is 3.37. The molecule has 0 aromatic carbocycles. The first kappa shape index (κ1) is 15.2. The van der Waals surface area contributed by atoms with Crippen LogP contribution >= 0.6 is 0 Å². The van der Waals surface area contributed by atoms with Gasteiger partial charge in [-0.25, -0.2) is 0 Å². The van der Waals surface area contributed by atoms with Crippen LogP contribution in [0.4, 0.5) is 5.69 Å². The fourth-order valence-corrected chi connectivity index (χ4v) is 1.11. The second kappa shape index (κ2) is 10.7. The number of anilines is 1. The van der Waals surface area contributed by atoms with Gasteiger partial charge in [-0.1, -0.05) is 19.1 Å². The first-order valence-corrected chi connectivity index (χ1v) is 5.84. The number of nitrogens with zero attached hydrogens (tertiary/aromatic N) is 1. The van der Waals surface area contributed by atoms with E-state index < -0.39 is 0 Å². The third-order valence-corrected chi connectivity index (χ3v) is 2.02. The minimum absolute atomic E-state index is 1.04. The summed E-state index contributed by atoms with van der Waals surface area (Å²) in [5.41, 5.74) is 2.14. The Bertz CT molecular complexity index is 331. The van der Waals surface area contributed by atoms with Crippen molar-refractivity contribution in [2.45, 2.75) is 20.3 Å². The Hall–Kier alpha value is -1.77. The normalized spacial score (nSPS) is 10.1. The van der Waals surface area contributed by atoms with Crippen LogP contribution in [0, 0.1) is 6.92 Å². The predicted octanol–water partition coefficient (Wildman–Crippen LogP) is 3.12. The molecular formula is C14H23N3. The SMILES string of the molecule is CC/C=C\C=C/NC.CNc1cccnc1C. The third-order valence-electron chi connectivity index (χ3n) is 2.02. The highest BCUT2D eigenvalue weighted by atomic mass is 14.9. The maximum atomic E-state index is 4.09. The van der Waals surface area contributed by atoms with Gasteiger partial charge in [-0.15, -0.1) is 0 Å². The number of rotatable bonds is 4. The molecule has 1 heterocycles. The van der Waals surface area contributed by atoms with Crippen molar-refractivity contribution in [3.63, 3.8) is 0 Å². The van der Waals surface area contributed by atoms with Crippen molar-refractivity contribution >= 4 is 5.69 Å². The maximum absolute atomic E-state index is 4.09. The molecule has 0 unspecified atom stereocenters. The van der Waals surface area contributed by atoms with Gasteiger partial charge in [-0.2, -0.15) is 0 Å². The number of aryl methyl sites for hydroxylation is 1. The summed E-state index contributed by atoms with van der Waals surface area (Å²) in [5, 5.41) is 5.93. The molecule has 17 heavy (non-hydrogen) atoms. The van der Waals surface area contributed by atoms with Gasteiger partial charge in [0.25, 0.3) is 0 Å². The first-order chi connectivity index (χ1) is 8.26. The number of nitrogens with one attached hydrogen (secondary N) is 2. The summed E-state index contributed by atoms with van der Waals surface area (Å²) in [5.74, 6) is 0. The molecule has 0 aliphatic carbocycles. The molecule has 0 spiro atoms. The van der Waals surface area contributed by atoms with Gasteiger partial charge in [0.15, 0.2) is 0 Å². The lowest BCUT2D eigenvalue weighted by atomic mass is 10.3. The third kappa shape index (κ3) is 8.08. The lowest BCUT2D eigenvalue weighted by Crippen LogP contribution is -1.92. The highest BCUT2D eigenvalue weighted by molar-refractivity contribution is 5.45. The Labute approximate surface area is 105 Å². The first-order valence-electron chi connectivity index (χ1n) is 5.84. The van der Waals surface area contributed by atoms with E-state index in [1.54, 1.807) is 6.20 Å². The monoisotopic (exact) mass is 233 g/mol. The molecule has 0 aliphatic heterocycles. The average Bonchev–Trinajstić information content (AvgIpc) is 2.36. The zero-order valence-corrected chi connectivity index (χ0v) is 11.2. The van der Waals surface area contributed by atoms with Gasteiger partial charge in [-0.3, -0.25) is 4.98 Å². The minimum Gasteiger partial charge on any atom is -0.394 e. The van der Waals surface area contributed by atoms with E-state index in [4.69, 9.17) is 0 Å². The van der Waals surface area contributed by atoms with E-state index in [9.17, 15) is 0 Å². The summed E-state index contributed by atoms with van der Waals surface area (Å²) in [6.07, 6.45) is 10.9.